The van der Waals surface area contributed by atoms with E-state index in [0.717, 1.165) is 22.9 Å². The fraction of sp³-hybridized carbons (Fsp3) is 0.231. The Labute approximate surface area is 130 Å². The van der Waals surface area contributed by atoms with Gasteiger partial charge >= 0.3 is 0 Å². The molecular formula is C13H14BrClN4O. The molecule has 0 aliphatic heterocycles. The van der Waals surface area contributed by atoms with E-state index in [1.54, 1.807) is 18.2 Å². The zero-order chi connectivity index (χ0) is 14.5. The van der Waals surface area contributed by atoms with Gasteiger partial charge in [0.2, 0.25) is 5.88 Å². The summed E-state index contributed by atoms with van der Waals surface area (Å²) in [7, 11) is 0. The summed E-state index contributed by atoms with van der Waals surface area (Å²) in [6, 6.07) is 5.30. The van der Waals surface area contributed by atoms with E-state index in [1.807, 2.05) is 0 Å². The first-order chi connectivity index (χ1) is 9.65. The van der Waals surface area contributed by atoms with E-state index >= 15 is 0 Å². The molecule has 0 radical (unpaired) electrons. The van der Waals surface area contributed by atoms with Gasteiger partial charge in [0.15, 0.2) is 0 Å². The van der Waals surface area contributed by atoms with Crippen LogP contribution in [0, 0.1) is 0 Å². The van der Waals surface area contributed by atoms with Crippen molar-refractivity contribution in [1.82, 2.24) is 9.97 Å². The summed E-state index contributed by atoms with van der Waals surface area (Å²) in [6.07, 6.45) is 3.11. The van der Waals surface area contributed by atoms with Crippen LogP contribution in [0.25, 0.3) is 0 Å². The summed E-state index contributed by atoms with van der Waals surface area (Å²) in [5.41, 5.74) is 3.41. The third-order valence-electron chi connectivity index (χ3n) is 2.64. The Kier molecular flexibility index (Phi) is 5.17. The molecule has 1 heterocycles. The van der Waals surface area contributed by atoms with E-state index in [0.29, 0.717) is 22.5 Å². The van der Waals surface area contributed by atoms with Crippen molar-refractivity contribution in [3.63, 3.8) is 0 Å². The Morgan fingerprint density at radius 2 is 2.20 bits per heavy atom. The van der Waals surface area contributed by atoms with E-state index in [9.17, 15) is 0 Å². The van der Waals surface area contributed by atoms with Gasteiger partial charge in [0.1, 0.15) is 17.9 Å². The molecule has 7 heteroatoms. The first-order valence-electron chi connectivity index (χ1n) is 6.09. The number of nitrogens with two attached hydrogens (primary N) is 1. The molecule has 3 N–H and O–H groups in total. The summed E-state index contributed by atoms with van der Waals surface area (Å²) in [6.45, 7) is 2.06. The Balaban J connectivity index is 2.37. The van der Waals surface area contributed by atoms with Crippen LogP contribution in [0.15, 0.2) is 29.0 Å². The molecule has 0 unspecified atom stereocenters. The smallest absolute Gasteiger partial charge is 0.227 e. The molecule has 1 aromatic carbocycles. The normalized spacial score (nSPS) is 10.4. The van der Waals surface area contributed by atoms with Crippen molar-refractivity contribution in [2.75, 3.05) is 5.43 Å². The predicted molar refractivity (Wildman–Crippen MR) is 83.1 cm³/mol. The number of anilines is 1. The third-order valence-corrected chi connectivity index (χ3v) is 3.50. The molecule has 0 saturated carbocycles. The molecular weight excluding hydrogens is 344 g/mol. The summed E-state index contributed by atoms with van der Waals surface area (Å²) in [5.74, 6) is 7.16. The number of hydrogen-bond acceptors (Lipinski definition) is 5. The minimum atomic E-state index is 0.484. The number of ether oxygens (including phenoxy) is 1. The topological polar surface area (TPSA) is 73.1 Å². The molecule has 20 heavy (non-hydrogen) atoms. The Morgan fingerprint density at radius 3 is 2.85 bits per heavy atom. The van der Waals surface area contributed by atoms with Gasteiger partial charge in [0.05, 0.1) is 10.0 Å². The summed E-state index contributed by atoms with van der Waals surface area (Å²) < 4.78 is 6.60. The van der Waals surface area contributed by atoms with Crippen molar-refractivity contribution in [3.8, 4) is 11.6 Å². The zero-order valence-electron chi connectivity index (χ0n) is 10.9. The highest BCUT2D eigenvalue weighted by atomic mass is 79.9. The maximum atomic E-state index is 5.91. The Morgan fingerprint density at radius 1 is 1.40 bits per heavy atom. The van der Waals surface area contributed by atoms with Crippen molar-refractivity contribution in [3.05, 3.63) is 39.6 Å². The van der Waals surface area contributed by atoms with E-state index in [2.05, 4.69) is 38.2 Å². The van der Waals surface area contributed by atoms with Gasteiger partial charge in [-0.1, -0.05) is 24.9 Å². The lowest BCUT2D eigenvalue weighted by Crippen LogP contribution is -2.12. The lowest BCUT2D eigenvalue weighted by atomic mass is 10.2. The summed E-state index contributed by atoms with van der Waals surface area (Å²) >= 11 is 9.32. The molecule has 2 rings (SSSR count). The van der Waals surface area contributed by atoms with Gasteiger partial charge in [0.25, 0.3) is 0 Å². The fourth-order valence-electron chi connectivity index (χ4n) is 1.75. The molecule has 0 aliphatic rings. The van der Waals surface area contributed by atoms with Crippen molar-refractivity contribution < 1.29 is 4.74 Å². The van der Waals surface area contributed by atoms with E-state index in [-0.39, 0.29) is 0 Å². The number of hydrazine groups is 1. The number of rotatable bonds is 5. The number of aromatic nitrogens is 2. The van der Waals surface area contributed by atoms with Crippen LogP contribution in [0.5, 0.6) is 11.6 Å². The van der Waals surface area contributed by atoms with Gasteiger partial charge < -0.3 is 10.2 Å². The van der Waals surface area contributed by atoms with Crippen LogP contribution in [0.1, 0.15) is 18.9 Å². The first-order valence-corrected chi connectivity index (χ1v) is 7.26. The zero-order valence-corrected chi connectivity index (χ0v) is 13.2. The van der Waals surface area contributed by atoms with Gasteiger partial charge in [-0.3, -0.25) is 0 Å². The van der Waals surface area contributed by atoms with Crippen LogP contribution in [0.3, 0.4) is 0 Å². The monoisotopic (exact) mass is 356 g/mol. The average molecular weight is 358 g/mol. The molecule has 0 spiro atoms. The Hall–Kier alpha value is -1.37. The van der Waals surface area contributed by atoms with Crippen molar-refractivity contribution in [2.45, 2.75) is 19.8 Å². The largest absolute Gasteiger partial charge is 0.437 e. The van der Waals surface area contributed by atoms with Gasteiger partial charge in [-0.15, -0.1) is 0 Å². The number of halogens is 2. The van der Waals surface area contributed by atoms with Crippen LogP contribution in [0.2, 0.25) is 5.02 Å². The van der Waals surface area contributed by atoms with Gasteiger partial charge in [-0.25, -0.2) is 15.8 Å². The second-order valence-corrected chi connectivity index (χ2v) is 5.37. The van der Waals surface area contributed by atoms with E-state index in [1.165, 1.54) is 6.33 Å². The lowest BCUT2D eigenvalue weighted by molar-refractivity contribution is 0.451. The molecule has 0 saturated heterocycles. The second-order valence-electron chi connectivity index (χ2n) is 4.08. The van der Waals surface area contributed by atoms with Gasteiger partial charge in [-0.2, -0.15) is 0 Å². The highest BCUT2D eigenvalue weighted by Gasteiger charge is 2.13. The highest BCUT2D eigenvalue weighted by molar-refractivity contribution is 9.10. The molecule has 0 aliphatic carbocycles. The maximum absolute atomic E-state index is 5.91. The number of hydrogen-bond donors (Lipinski definition) is 2. The molecule has 106 valence electrons. The summed E-state index contributed by atoms with van der Waals surface area (Å²) in [4.78, 5) is 8.28. The molecule has 2 aromatic rings. The standard InChI is InChI=1S/C13H14BrClN4O/c1-2-3-9-12(19-16)17-7-18-13(9)20-11-5-4-8(15)6-10(11)14/h4-7H,2-3,16H2,1H3,(H,17,18,19). The number of nitrogens with zero attached hydrogens (tertiary/aromatic N) is 2. The highest BCUT2D eigenvalue weighted by Crippen LogP contribution is 2.33. The predicted octanol–water partition coefficient (Wildman–Crippen LogP) is 3.92. The van der Waals surface area contributed by atoms with Crippen molar-refractivity contribution in [1.29, 1.82) is 0 Å². The van der Waals surface area contributed by atoms with Crippen LogP contribution in [-0.4, -0.2) is 9.97 Å². The third kappa shape index (κ3) is 3.39. The quantitative estimate of drug-likeness (QED) is 0.626. The average Bonchev–Trinajstić information content (AvgIpc) is 2.43. The minimum Gasteiger partial charge on any atom is -0.437 e. The molecule has 0 fully saturated rings. The molecule has 1 aromatic heterocycles. The second kappa shape index (κ2) is 6.88. The molecule has 0 bridgehead atoms. The van der Waals surface area contributed by atoms with Crippen LogP contribution < -0.4 is 16.0 Å². The number of nitrogen functional groups attached to an aromatic ring is 1. The number of benzene rings is 1. The van der Waals surface area contributed by atoms with E-state index in [4.69, 9.17) is 22.2 Å². The van der Waals surface area contributed by atoms with E-state index < -0.39 is 0 Å². The number of nitrogens with one attached hydrogen (secondary N) is 1. The van der Waals surface area contributed by atoms with Crippen LogP contribution in [-0.2, 0) is 6.42 Å². The Bertz CT molecular complexity index is 609. The maximum Gasteiger partial charge on any atom is 0.227 e. The molecule has 5 nitrogen and oxygen atoms in total. The SMILES string of the molecule is CCCc1c(NN)ncnc1Oc1ccc(Cl)cc1Br. The van der Waals surface area contributed by atoms with Crippen molar-refractivity contribution in [2.24, 2.45) is 5.84 Å². The van der Waals surface area contributed by atoms with Gasteiger partial charge in [0, 0.05) is 5.02 Å². The van der Waals surface area contributed by atoms with Crippen LogP contribution in [0.4, 0.5) is 5.82 Å². The lowest BCUT2D eigenvalue weighted by Gasteiger charge is -2.13. The molecule has 0 atom stereocenters. The van der Waals surface area contributed by atoms with Crippen molar-refractivity contribution >= 4 is 33.3 Å². The van der Waals surface area contributed by atoms with Gasteiger partial charge in [-0.05, 0) is 40.5 Å². The molecule has 0 amide bonds. The fourth-order valence-corrected chi connectivity index (χ4v) is 2.51. The minimum absolute atomic E-state index is 0.484. The van der Waals surface area contributed by atoms with Crippen LogP contribution >= 0.6 is 27.5 Å². The first kappa shape index (κ1) is 15.0. The summed E-state index contributed by atoms with van der Waals surface area (Å²) in [5, 5.41) is 0.630.